The Bertz CT molecular complexity index is 787. The average molecular weight is 411 g/mol. The maximum atomic E-state index is 12.7. The van der Waals surface area contributed by atoms with Crippen LogP contribution in [0.15, 0.2) is 54.6 Å². The topological polar surface area (TPSA) is 73.5 Å². The summed E-state index contributed by atoms with van der Waals surface area (Å²) in [5.41, 5.74) is 2.75. The van der Waals surface area contributed by atoms with Gasteiger partial charge in [-0.25, -0.2) is 4.79 Å². The van der Waals surface area contributed by atoms with Crippen LogP contribution in [0.5, 0.6) is 0 Å². The lowest BCUT2D eigenvalue weighted by Gasteiger charge is -2.30. The molecule has 3 N–H and O–H groups in total. The van der Waals surface area contributed by atoms with Crippen LogP contribution >= 0.6 is 0 Å². The number of benzene rings is 2. The number of hydrogen-bond acceptors (Lipinski definition) is 3. The molecule has 6 heteroatoms. The first-order valence-corrected chi connectivity index (χ1v) is 10.6. The van der Waals surface area contributed by atoms with E-state index in [-0.39, 0.29) is 24.0 Å². The lowest BCUT2D eigenvalue weighted by Crippen LogP contribution is -2.39. The smallest absolute Gasteiger partial charge is 0.315 e. The van der Waals surface area contributed by atoms with Gasteiger partial charge in [-0.15, -0.1) is 0 Å². The molecule has 30 heavy (non-hydrogen) atoms. The Labute approximate surface area is 180 Å². The second-order valence-corrected chi connectivity index (χ2v) is 7.54. The quantitative estimate of drug-likeness (QED) is 0.559. The van der Waals surface area contributed by atoms with Gasteiger partial charge in [-0.2, -0.15) is 0 Å². The summed E-state index contributed by atoms with van der Waals surface area (Å²) in [5, 5.41) is 8.67. The molecule has 1 unspecified atom stereocenters. The van der Waals surface area contributed by atoms with Gasteiger partial charge in [0, 0.05) is 24.7 Å². The molecule has 0 aromatic heterocycles. The fourth-order valence-corrected chi connectivity index (χ4v) is 3.36. The Morgan fingerprint density at radius 2 is 1.53 bits per heavy atom. The van der Waals surface area contributed by atoms with E-state index in [0.717, 1.165) is 18.7 Å². The maximum absolute atomic E-state index is 12.7. The number of rotatable bonds is 10. The molecule has 0 spiro atoms. The fourth-order valence-electron chi connectivity index (χ4n) is 3.36. The molecule has 0 radical (unpaired) electrons. The molecule has 3 amide bonds. The molecule has 162 valence electrons. The summed E-state index contributed by atoms with van der Waals surface area (Å²) < 4.78 is 0. The van der Waals surface area contributed by atoms with Crippen molar-refractivity contribution in [2.24, 2.45) is 0 Å². The standard InChI is InChI=1S/C24H34N4O2/c1-5-28(6-2)22(20-10-8-7-9-11-20)17-25-23(29)21-14-12-19(13-15-21)16-26-24(30)27-18(3)4/h7-15,18,22H,5-6,16-17H2,1-4H3,(H,25,29)(H2,26,27,30). The van der Waals surface area contributed by atoms with Crippen molar-refractivity contribution in [2.75, 3.05) is 19.6 Å². The second kappa shape index (κ2) is 12.0. The highest BCUT2D eigenvalue weighted by atomic mass is 16.2. The van der Waals surface area contributed by atoms with Crippen molar-refractivity contribution < 1.29 is 9.59 Å². The van der Waals surface area contributed by atoms with Crippen molar-refractivity contribution in [3.63, 3.8) is 0 Å². The first-order valence-electron chi connectivity index (χ1n) is 10.6. The summed E-state index contributed by atoms with van der Waals surface area (Å²) in [6.07, 6.45) is 0. The summed E-state index contributed by atoms with van der Waals surface area (Å²) in [6.45, 7) is 10.9. The van der Waals surface area contributed by atoms with E-state index in [9.17, 15) is 9.59 Å². The van der Waals surface area contributed by atoms with E-state index < -0.39 is 0 Å². The summed E-state index contributed by atoms with van der Waals surface area (Å²) in [7, 11) is 0. The molecule has 2 aromatic carbocycles. The van der Waals surface area contributed by atoms with Gasteiger partial charge in [0.2, 0.25) is 0 Å². The van der Waals surface area contributed by atoms with E-state index in [4.69, 9.17) is 0 Å². The van der Waals surface area contributed by atoms with E-state index in [0.29, 0.717) is 18.7 Å². The van der Waals surface area contributed by atoms with Crippen molar-refractivity contribution in [1.29, 1.82) is 0 Å². The van der Waals surface area contributed by atoms with Crippen LogP contribution in [0.2, 0.25) is 0 Å². The molecule has 0 aliphatic carbocycles. The van der Waals surface area contributed by atoms with Gasteiger partial charge in [-0.1, -0.05) is 56.3 Å². The highest BCUT2D eigenvalue weighted by molar-refractivity contribution is 5.94. The van der Waals surface area contributed by atoms with E-state index in [1.54, 1.807) is 12.1 Å². The number of carbonyl (C=O) groups is 2. The third kappa shape index (κ3) is 7.19. The number of likely N-dealkylation sites (N-methyl/N-ethyl adjacent to an activating group) is 1. The molecule has 6 nitrogen and oxygen atoms in total. The van der Waals surface area contributed by atoms with E-state index in [1.165, 1.54) is 5.56 Å². The SMILES string of the molecule is CCN(CC)C(CNC(=O)c1ccc(CNC(=O)NC(C)C)cc1)c1ccccc1. The third-order valence-electron chi connectivity index (χ3n) is 4.98. The van der Waals surface area contributed by atoms with Crippen molar-refractivity contribution >= 4 is 11.9 Å². The third-order valence-corrected chi connectivity index (χ3v) is 4.98. The Morgan fingerprint density at radius 1 is 0.900 bits per heavy atom. The summed E-state index contributed by atoms with van der Waals surface area (Å²) in [6, 6.07) is 17.6. The van der Waals surface area contributed by atoms with Crippen LogP contribution in [-0.2, 0) is 6.54 Å². The van der Waals surface area contributed by atoms with Crippen LogP contribution in [0.4, 0.5) is 4.79 Å². The van der Waals surface area contributed by atoms with Gasteiger partial charge in [0.1, 0.15) is 0 Å². The lowest BCUT2D eigenvalue weighted by molar-refractivity contribution is 0.0935. The highest BCUT2D eigenvalue weighted by Crippen LogP contribution is 2.19. The van der Waals surface area contributed by atoms with Gasteiger partial charge in [0.15, 0.2) is 0 Å². The molecule has 0 bridgehead atoms. The minimum absolute atomic E-state index is 0.0899. The van der Waals surface area contributed by atoms with Crippen LogP contribution in [0.1, 0.15) is 55.2 Å². The number of nitrogens with zero attached hydrogens (tertiary/aromatic N) is 1. The van der Waals surface area contributed by atoms with Crippen LogP contribution in [0, 0.1) is 0 Å². The zero-order chi connectivity index (χ0) is 21.9. The van der Waals surface area contributed by atoms with E-state index >= 15 is 0 Å². The normalized spacial score (nSPS) is 11.9. The number of nitrogens with one attached hydrogen (secondary N) is 3. The minimum Gasteiger partial charge on any atom is -0.350 e. The van der Waals surface area contributed by atoms with Gasteiger partial charge < -0.3 is 16.0 Å². The van der Waals surface area contributed by atoms with Crippen LogP contribution in [-0.4, -0.2) is 42.5 Å². The average Bonchev–Trinajstić information content (AvgIpc) is 2.75. The molecule has 2 aromatic rings. The maximum Gasteiger partial charge on any atom is 0.315 e. The molecule has 0 fully saturated rings. The number of amides is 3. The molecule has 0 heterocycles. The zero-order valence-corrected chi connectivity index (χ0v) is 18.4. The van der Waals surface area contributed by atoms with E-state index in [1.807, 2.05) is 44.2 Å². The van der Waals surface area contributed by atoms with Crippen molar-refractivity contribution in [1.82, 2.24) is 20.9 Å². The van der Waals surface area contributed by atoms with Crippen LogP contribution < -0.4 is 16.0 Å². The zero-order valence-electron chi connectivity index (χ0n) is 18.4. The van der Waals surface area contributed by atoms with Gasteiger partial charge in [-0.3, -0.25) is 9.69 Å². The van der Waals surface area contributed by atoms with Gasteiger partial charge >= 0.3 is 6.03 Å². The Kier molecular flexibility index (Phi) is 9.35. The molecular formula is C24H34N4O2. The second-order valence-electron chi connectivity index (χ2n) is 7.54. The first kappa shape index (κ1) is 23.4. The van der Waals surface area contributed by atoms with Crippen molar-refractivity contribution in [3.8, 4) is 0 Å². The first-order chi connectivity index (χ1) is 14.4. The summed E-state index contributed by atoms with van der Waals surface area (Å²) >= 11 is 0. The van der Waals surface area contributed by atoms with Gasteiger partial charge in [-0.05, 0) is 50.2 Å². The van der Waals surface area contributed by atoms with Gasteiger partial charge in [0.05, 0.1) is 6.04 Å². The molecule has 0 saturated carbocycles. The Hall–Kier alpha value is -2.86. The van der Waals surface area contributed by atoms with Crippen LogP contribution in [0.3, 0.4) is 0 Å². The number of urea groups is 1. The molecule has 2 rings (SSSR count). The fraction of sp³-hybridized carbons (Fsp3) is 0.417. The van der Waals surface area contributed by atoms with Crippen molar-refractivity contribution in [3.05, 3.63) is 71.3 Å². The lowest BCUT2D eigenvalue weighted by atomic mass is 10.0. The Balaban J connectivity index is 1.95. The molecular weight excluding hydrogens is 376 g/mol. The van der Waals surface area contributed by atoms with Gasteiger partial charge in [0.25, 0.3) is 5.91 Å². The number of carbonyl (C=O) groups excluding carboxylic acids is 2. The summed E-state index contributed by atoms with van der Waals surface area (Å²) in [4.78, 5) is 26.7. The predicted octanol–water partition coefficient (Wildman–Crippen LogP) is 3.71. The predicted molar refractivity (Wildman–Crippen MR) is 121 cm³/mol. The molecule has 0 saturated heterocycles. The summed E-state index contributed by atoms with van der Waals surface area (Å²) in [5.74, 6) is -0.0971. The molecule has 1 atom stereocenters. The largest absolute Gasteiger partial charge is 0.350 e. The molecule has 0 aliphatic heterocycles. The monoisotopic (exact) mass is 410 g/mol. The van der Waals surface area contributed by atoms with Crippen molar-refractivity contribution in [2.45, 2.75) is 46.3 Å². The highest BCUT2D eigenvalue weighted by Gasteiger charge is 2.19. The Morgan fingerprint density at radius 3 is 2.10 bits per heavy atom. The number of hydrogen-bond donors (Lipinski definition) is 3. The van der Waals surface area contributed by atoms with E-state index in [2.05, 4.69) is 46.8 Å². The van der Waals surface area contributed by atoms with Crippen LogP contribution in [0.25, 0.3) is 0 Å². The minimum atomic E-state index is -0.199. The molecule has 0 aliphatic rings.